The van der Waals surface area contributed by atoms with Gasteiger partial charge in [0.25, 0.3) is 11.8 Å². The summed E-state index contributed by atoms with van der Waals surface area (Å²) in [5, 5.41) is 36.5. The number of benzene rings is 1. The number of phenolic OH excluding ortho intramolecular Hbond substituents is 1. The van der Waals surface area contributed by atoms with E-state index in [9.17, 15) is 29.4 Å². The van der Waals surface area contributed by atoms with Gasteiger partial charge < -0.3 is 20.4 Å². The van der Waals surface area contributed by atoms with Crippen molar-refractivity contribution in [3.63, 3.8) is 0 Å². The second kappa shape index (κ2) is 11.6. The number of carboxylic acid groups (broad SMARTS) is 1. The Morgan fingerprint density at radius 1 is 1.37 bits per heavy atom. The Hall–Kier alpha value is -3.34. The molecule has 2 atom stereocenters. The van der Waals surface area contributed by atoms with E-state index >= 15 is 0 Å². The van der Waals surface area contributed by atoms with Crippen LogP contribution in [-0.2, 0) is 31.1 Å². The Bertz CT molecular complexity index is 1370. The molecule has 0 radical (unpaired) electrons. The molecule has 1 unspecified atom stereocenters. The van der Waals surface area contributed by atoms with Gasteiger partial charge >= 0.3 is 11.9 Å². The highest BCUT2D eigenvalue weighted by molar-refractivity contribution is 8.01. The number of hydrogen-bond donors (Lipinski definition) is 3. The lowest BCUT2D eigenvalue weighted by Gasteiger charge is -2.49. The average Bonchev–Trinajstić information content (AvgIpc) is 3.29. The quantitative estimate of drug-likeness (QED) is 0.0902. The van der Waals surface area contributed by atoms with Crippen molar-refractivity contribution in [2.75, 3.05) is 11.5 Å². The Morgan fingerprint density at radius 3 is 2.76 bits per heavy atom. The van der Waals surface area contributed by atoms with E-state index in [-0.39, 0.29) is 28.5 Å². The number of tetrazole rings is 1. The molecular weight excluding hydrogens is 585 g/mol. The summed E-state index contributed by atoms with van der Waals surface area (Å²) >= 11 is 13.4. The monoisotopic (exact) mass is 601 g/mol. The number of nitrogens with one attached hydrogen (secondary N) is 1. The van der Waals surface area contributed by atoms with Gasteiger partial charge in [-0.1, -0.05) is 52.3 Å². The predicted octanol–water partition coefficient (Wildman–Crippen LogP) is 0.498. The number of aryl methyl sites for hydroxylation is 1. The van der Waals surface area contributed by atoms with Crippen LogP contribution in [-0.4, -0.2) is 92.5 Å². The first kappa shape index (κ1) is 27.7. The van der Waals surface area contributed by atoms with Crippen LogP contribution in [0.3, 0.4) is 0 Å². The highest BCUT2D eigenvalue weighted by atomic mass is 35.5. The minimum Gasteiger partial charge on any atom is -0.508 e. The number of alkyl halides is 2. The van der Waals surface area contributed by atoms with Gasteiger partial charge in [-0.05, 0) is 28.1 Å². The Balaban J connectivity index is 1.52. The van der Waals surface area contributed by atoms with E-state index in [4.69, 9.17) is 23.2 Å². The number of fused-ring (bicyclic) bond motifs is 1. The normalized spacial score (nSPS) is 19.2. The summed E-state index contributed by atoms with van der Waals surface area (Å²) in [5.74, 6) is -3.69. The number of aromatic nitrogens is 4. The Kier molecular flexibility index (Phi) is 8.44. The van der Waals surface area contributed by atoms with Gasteiger partial charge in [0.05, 0.1) is 0 Å². The molecule has 18 heteroatoms. The van der Waals surface area contributed by atoms with Crippen LogP contribution < -0.4 is 5.32 Å². The van der Waals surface area contributed by atoms with Crippen LogP contribution in [0, 0.1) is 0 Å². The molecular formula is C20H17Cl2N7O7S2. The third-order valence-corrected chi connectivity index (χ3v) is 8.03. The molecule has 200 valence electrons. The summed E-state index contributed by atoms with van der Waals surface area (Å²) < 4.78 is 1.44. The number of halogens is 2. The van der Waals surface area contributed by atoms with Crippen LogP contribution in [0.4, 0.5) is 0 Å². The maximum atomic E-state index is 13.1. The molecule has 2 amide bonds. The zero-order chi connectivity index (χ0) is 27.6. The molecule has 1 aromatic heterocycles. The van der Waals surface area contributed by atoms with Crippen molar-refractivity contribution in [3.05, 3.63) is 41.1 Å². The first-order valence-electron chi connectivity index (χ1n) is 10.5. The smallest absolute Gasteiger partial charge is 0.367 e. The molecule has 2 aromatic rings. The molecule has 38 heavy (non-hydrogen) atoms. The average molecular weight is 602 g/mol. The first-order chi connectivity index (χ1) is 18.1. The van der Waals surface area contributed by atoms with Crippen molar-refractivity contribution in [2.24, 2.45) is 12.2 Å². The van der Waals surface area contributed by atoms with Gasteiger partial charge in [0.15, 0.2) is 5.71 Å². The van der Waals surface area contributed by atoms with E-state index in [1.54, 1.807) is 7.05 Å². The fourth-order valence-corrected chi connectivity index (χ4v) is 5.92. The fraction of sp³-hybridized carbons (Fsp3) is 0.300. The molecule has 3 N–H and O–H groups in total. The van der Waals surface area contributed by atoms with Gasteiger partial charge in [0.2, 0.25) is 9.99 Å². The summed E-state index contributed by atoms with van der Waals surface area (Å²) in [5.41, 5.74) is -0.0493. The van der Waals surface area contributed by atoms with Gasteiger partial charge in [-0.2, -0.15) is 0 Å². The van der Waals surface area contributed by atoms with Crippen molar-refractivity contribution >= 4 is 76.2 Å². The largest absolute Gasteiger partial charge is 0.508 e. The molecule has 0 bridgehead atoms. The van der Waals surface area contributed by atoms with E-state index in [2.05, 4.69) is 30.8 Å². The number of carbonyl (C=O) groups is 4. The molecule has 0 spiro atoms. The van der Waals surface area contributed by atoms with E-state index < -0.39 is 45.7 Å². The number of oxime groups is 1. The van der Waals surface area contributed by atoms with Crippen LogP contribution in [0.15, 0.2) is 45.8 Å². The molecule has 14 nitrogen and oxygen atoms in total. The number of carboxylic acids is 1. The molecule has 1 saturated heterocycles. The standard InChI is InChI=1S/C20H17Cl2N7O7S2/c1-28-20(24-26-27-28)38-7-9-6-37-17-12(16(32)29(17)13(9)18(33)34)23-15(31)11(25-36-19(35)14(21)22)8-3-2-4-10(30)5-8/h2-5,12,14,17,30H,6-7H2,1H3,(H,23,31)(H,33,34)/b25-11+/t12?,17-/m1/s1. The SMILES string of the molecule is Cn1nnnc1SCC1=C(C(=O)O)N2C(=O)C(NC(=O)/C(=N/OC(=O)C(Cl)Cl)c3cccc(O)c3)[C@H]2SC1. The molecule has 4 rings (SSSR count). The van der Waals surface area contributed by atoms with Crippen LogP contribution in [0.1, 0.15) is 5.56 Å². The number of carbonyl (C=O) groups excluding carboxylic acids is 3. The molecule has 0 aliphatic carbocycles. The van der Waals surface area contributed by atoms with Crippen LogP contribution in [0.5, 0.6) is 5.75 Å². The topological polar surface area (TPSA) is 189 Å². The van der Waals surface area contributed by atoms with E-state index in [0.29, 0.717) is 10.7 Å². The van der Waals surface area contributed by atoms with Gasteiger partial charge in [0.1, 0.15) is 22.9 Å². The maximum absolute atomic E-state index is 13.1. The number of thioether (sulfide) groups is 2. The van der Waals surface area contributed by atoms with Crippen LogP contribution in [0.25, 0.3) is 0 Å². The summed E-state index contributed by atoms with van der Waals surface area (Å²) in [6.07, 6.45) is 0. The zero-order valence-corrected chi connectivity index (χ0v) is 22.3. The molecule has 1 fully saturated rings. The van der Waals surface area contributed by atoms with Gasteiger partial charge in [-0.15, -0.1) is 16.9 Å². The third-order valence-electron chi connectivity index (χ3n) is 5.23. The molecule has 2 aliphatic heterocycles. The zero-order valence-electron chi connectivity index (χ0n) is 19.1. The van der Waals surface area contributed by atoms with Crippen molar-refractivity contribution in [1.29, 1.82) is 0 Å². The summed E-state index contributed by atoms with van der Waals surface area (Å²) in [7, 11) is 1.64. The number of β-lactam (4-membered cyclic amide) rings is 1. The Labute approximate surface area is 232 Å². The Morgan fingerprint density at radius 2 is 2.13 bits per heavy atom. The molecule has 3 heterocycles. The minimum absolute atomic E-state index is 0.0691. The predicted molar refractivity (Wildman–Crippen MR) is 135 cm³/mol. The number of amides is 2. The maximum Gasteiger partial charge on any atom is 0.367 e. The van der Waals surface area contributed by atoms with Crippen molar-refractivity contribution in [1.82, 2.24) is 30.4 Å². The van der Waals surface area contributed by atoms with Crippen LogP contribution >= 0.6 is 46.7 Å². The van der Waals surface area contributed by atoms with Crippen molar-refractivity contribution in [3.8, 4) is 5.75 Å². The number of aromatic hydroxyl groups is 1. The van der Waals surface area contributed by atoms with E-state index in [1.165, 1.54) is 52.5 Å². The number of hydrogen-bond acceptors (Lipinski definition) is 12. The summed E-state index contributed by atoms with van der Waals surface area (Å²) in [4.78, 5) is 54.0. The number of aliphatic carboxylic acids is 1. The summed E-state index contributed by atoms with van der Waals surface area (Å²) in [6, 6.07) is 4.29. The lowest BCUT2D eigenvalue weighted by atomic mass is 10.0. The molecule has 0 saturated carbocycles. The highest BCUT2D eigenvalue weighted by Crippen LogP contribution is 2.41. The highest BCUT2D eigenvalue weighted by Gasteiger charge is 2.54. The summed E-state index contributed by atoms with van der Waals surface area (Å²) in [6.45, 7) is 0. The number of phenols is 1. The fourth-order valence-electron chi connectivity index (χ4n) is 3.51. The second-order valence-electron chi connectivity index (χ2n) is 7.69. The van der Waals surface area contributed by atoms with Gasteiger partial charge in [-0.3, -0.25) is 14.5 Å². The van der Waals surface area contributed by atoms with Crippen LogP contribution in [0.2, 0.25) is 0 Å². The lowest BCUT2D eigenvalue weighted by molar-refractivity contribution is -0.150. The van der Waals surface area contributed by atoms with Gasteiger partial charge in [-0.25, -0.2) is 14.3 Å². The van der Waals surface area contributed by atoms with Crippen molar-refractivity contribution < 1.29 is 34.2 Å². The molecule has 1 aromatic carbocycles. The lowest BCUT2D eigenvalue weighted by Crippen LogP contribution is -2.71. The minimum atomic E-state index is -1.56. The van der Waals surface area contributed by atoms with Crippen molar-refractivity contribution in [2.45, 2.75) is 21.4 Å². The number of nitrogens with zero attached hydrogens (tertiary/aromatic N) is 6. The second-order valence-corrected chi connectivity index (χ2v) is 10.8. The van der Waals surface area contributed by atoms with E-state index in [1.807, 2.05) is 0 Å². The number of rotatable bonds is 9. The van der Waals surface area contributed by atoms with E-state index in [0.717, 1.165) is 4.90 Å². The van der Waals surface area contributed by atoms with Gasteiger partial charge in [0, 0.05) is 24.1 Å². The first-order valence-corrected chi connectivity index (χ1v) is 13.4. The molecule has 2 aliphatic rings. The third kappa shape index (κ3) is 5.72.